The second-order valence-electron chi connectivity index (χ2n) is 5.57. The van der Waals surface area contributed by atoms with Crippen LogP contribution >= 0.6 is 0 Å². The third-order valence-electron chi connectivity index (χ3n) is 4.17. The van der Waals surface area contributed by atoms with Crippen LogP contribution < -0.4 is 5.32 Å². The van der Waals surface area contributed by atoms with Crippen LogP contribution in [0.3, 0.4) is 0 Å². The molecule has 2 aromatic carbocycles. The van der Waals surface area contributed by atoms with Crippen molar-refractivity contribution in [3.05, 3.63) is 59.4 Å². The number of aromatic nitrogens is 1. The predicted octanol–water partition coefficient (Wildman–Crippen LogP) is 3.00. The zero-order valence-electron chi connectivity index (χ0n) is 12.2. The fourth-order valence-corrected chi connectivity index (χ4v) is 3.13. The van der Waals surface area contributed by atoms with Gasteiger partial charge < -0.3 is 9.88 Å². The van der Waals surface area contributed by atoms with Crippen molar-refractivity contribution in [1.82, 2.24) is 9.88 Å². The summed E-state index contributed by atoms with van der Waals surface area (Å²) in [6.07, 6.45) is 0.795. The van der Waals surface area contributed by atoms with E-state index in [4.69, 9.17) is 0 Å². The van der Waals surface area contributed by atoms with Crippen molar-refractivity contribution < 1.29 is 14.0 Å². The molecule has 0 spiro atoms. The Morgan fingerprint density at radius 1 is 1.13 bits per heavy atom. The van der Waals surface area contributed by atoms with Gasteiger partial charge in [-0.2, -0.15) is 0 Å². The predicted molar refractivity (Wildman–Crippen MR) is 85.1 cm³/mol. The molecule has 2 heterocycles. The molecule has 0 fully saturated rings. The van der Waals surface area contributed by atoms with Gasteiger partial charge in [-0.15, -0.1) is 0 Å². The summed E-state index contributed by atoms with van der Waals surface area (Å²) >= 11 is 0. The lowest BCUT2D eigenvalue weighted by molar-refractivity contribution is 0.0956. The molecule has 1 N–H and O–H groups in total. The molecule has 23 heavy (non-hydrogen) atoms. The highest BCUT2D eigenvalue weighted by Crippen LogP contribution is 2.32. The third kappa shape index (κ3) is 2.12. The molecule has 0 radical (unpaired) electrons. The van der Waals surface area contributed by atoms with E-state index < -0.39 is 5.82 Å². The molecule has 4 rings (SSSR count). The number of nitrogens with one attached hydrogen (secondary N) is 1. The van der Waals surface area contributed by atoms with Crippen molar-refractivity contribution in [3.63, 3.8) is 0 Å². The van der Waals surface area contributed by atoms with Crippen LogP contribution in [0.2, 0.25) is 0 Å². The monoisotopic (exact) mass is 308 g/mol. The van der Waals surface area contributed by atoms with Crippen molar-refractivity contribution >= 4 is 23.1 Å². The SMILES string of the molecule is O=Cc1ccc(-c2cc3cc(F)cc4c3n2CCNC4=O)cc1. The summed E-state index contributed by atoms with van der Waals surface area (Å²) in [5.74, 6) is -0.682. The van der Waals surface area contributed by atoms with Gasteiger partial charge in [-0.05, 0) is 23.8 Å². The number of hydrogen-bond acceptors (Lipinski definition) is 2. The van der Waals surface area contributed by atoms with Gasteiger partial charge in [0.25, 0.3) is 5.91 Å². The van der Waals surface area contributed by atoms with Crippen LogP contribution in [0.25, 0.3) is 22.2 Å². The van der Waals surface area contributed by atoms with E-state index in [1.807, 2.05) is 22.8 Å². The maximum atomic E-state index is 13.8. The van der Waals surface area contributed by atoms with E-state index in [1.54, 1.807) is 12.1 Å². The van der Waals surface area contributed by atoms with Crippen molar-refractivity contribution in [1.29, 1.82) is 0 Å². The molecular weight excluding hydrogens is 295 g/mol. The van der Waals surface area contributed by atoms with Crippen LogP contribution in [-0.4, -0.2) is 23.3 Å². The zero-order valence-corrected chi connectivity index (χ0v) is 12.2. The van der Waals surface area contributed by atoms with E-state index >= 15 is 0 Å². The number of carbonyl (C=O) groups excluding carboxylic acids is 2. The molecule has 1 aromatic heterocycles. The Hall–Kier alpha value is -2.95. The second-order valence-corrected chi connectivity index (χ2v) is 5.57. The van der Waals surface area contributed by atoms with Gasteiger partial charge in [0.05, 0.1) is 11.1 Å². The van der Waals surface area contributed by atoms with E-state index in [0.29, 0.717) is 29.6 Å². The molecule has 0 unspecified atom stereocenters. The van der Waals surface area contributed by atoms with Crippen LogP contribution in [0.5, 0.6) is 0 Å². The van der Waals surface area contributed by atoms with E-state index in [0.717, 1.165) is 23.1 Å². The Bertz CT molecular complexity index is 942. The van der Waals surface area contributed by atoms with Crippen molar-refractivity contribution in [2.75, 3.05) is 6.54 Å². The first kappa shape index (κ1) is 13.7. The maximum Gasteiger partial charge on any atom is 0.253 e. The topological polar surface area (TPSA) is 51.1 Å². The highest BCUT2D eigenvalue weighted by atomic mass is 19.1. The van der Waals surface area contributed by atoms with E-state index in [2.05, 4.69) is 5.32 Å². The molecular formula is C18H13FN2O2. The summed E-state index contributed by atoms with van der Waals surface area (Å²) in [7, 11) is 0. The van der Waals surface area contributed by atoms with Gasteiger partial charge in [0.1, 0.15) is 12.1 Å². The minimum atomic E-state index is -0.426. The van der Waals surface area contributed by atoms with Gasteiger partial charge in [-0.1, -0.05) is 24.3 Å². The average molecular weight is 308 g/mol. The number of aldehydes is 1. The van der Waals surface area contributed by atoms with E-state index in [-0.39, 0.29) is 5.91 Å². The number of amides is 1. The number of rotatable bonds is 2. The van der Waals surface area contributed by atoms with Gasteiger partial charge in [0.15, 0.2) is 0 Å². The zero-order chi connectivity index (χ0) is 16.0. The largest absolute Gasteiger partial charge is 0.350 e. The number of halogens is 1. The molecule has 114 valence electrons. The highest BCUT2D eigenvalue weighted by Gasteiger charge is 2.21. The molecule has 0 saturated carbocycles. The Balaban J connectivity index is 2.00. The van der Waals surface area contributed by atoms with E-state index in [9.17, 15) is 14.0 Å². The normalized spacial score (nSPS) is 13.7. The first-order valence-electron chi connectivity index (χ1n) is 7.34. The van der Waals surface area contributed by atoms with Crippen molar-refractivity contribution in [2.24, 2.45) is 0 Å². The fraction of sp³-hybridized carbons (Fsp3) is 0.111. The number of nitrogens with zero attached hydrogens (tertiary/aromatic N) is 1. The molecule has 0 atom stereocenters. The lowest BCUT2D eigenvalue weighted by Crippen LogP contribution is -2.24. The Labute approximate surface area is 131 Å². The fourth-order valence-electron chi connectivity index (χ4n) is 3.13. The number of carbonyl (C=O) groups is 2. The minimum Gasteiger partial charge on any atom is -0.350 e. The van der Waals surface area contributed by atoms with Crippen LogP contribution in [0, 0.1) is 5.82 Å². The average Bonchev–Trinajstić information content (AvgIpc) is 2.83. The summed E-state index contributed by atoms with van der Waals surface area (Å²) in [6.45, 7) is 1.09. The Morgan fingerprint density at radius 2 is 1.91 bits per heavy atom. The number of hydrogen-bond donors (Lipinski definition) is 1. The van der Waals surface area contributed by atoms with E-state index in [1.165, 1.54) is 12.1 Å². The Morgan fingerprint density at radius 3 is 2.65 bits per heavy atom. The summed E-state index contributed by atoms with van der Waals surface area (Å²) < 4.78 is 15.9. The second kappa shape index (κ2) is 5.05. The first-order valence-corrected chi connectivity index (χ1v) is 7.34. The smallest absolute Gasteiger partial charge is 0.253 e. The number of benzene rings is 2. The third-order valence-corrected chi connectivity index (χ3v) is 4.17. The summed E-state index contributed by atoms with van der Waals surface area (Å²) in [5.41, 5.74) is 3.53. The van der Waals surface area contributed by atoms with Gasteiger partial charge in [-0.25, -0.2) is 4.39 Å². The van der Waals surface area contributed by atoms with Gasteiger partial charge in [0.2, 0.25) is 0 Å². The Kier molecular flexibility index (Phi) is 3.01. The summed E-state index contributed by atoms with van der Waals surface area (Å²) in [5, 5.41) is 3.49. The summed E-state index contributed by atoms with van der Waals surface area (Å²) in [4.78, 5) is 22.9. The van der Waals surface area contributed by atoms with Crippen LogP contribution in [0.15, 0.2) is 42.5 Å². The molecule has 5 heteroatoms. The molecule has 1 aliphatic heterocycles. The molecule has 0 saturated heterocycles. The maximum absolute atomic E-state index is 13.8. The lowest BCUT2D eigenvalue weighted by Gasteiger charge is -2.09. The molecule has 3 aromatic rings. The molecule has 4 nitrogen and oxygen atoms in total. The van der Waals surface area contributed by atoms with Gasteiger partial charge in [-0.3, -0.25) is 9.59 Å². The lowest BCUT2D eigenvalue weighted by atomic mass is 10.1. The van der Waals surface area contributed by atoms with Crippen LogP contribution in [0.1, 0.15) is 20.7 Å². The molecule has 0 aliphatic carbocycles. The van der Waals surface area contributed by atoms with Crippen molar-refractivity contribution in [3.8, 4) is 11.3 Å². The molecule has 1 amide bonds. The standard InChI is InChI=1S/C18H13FN2O2/c19-14-7-13-8-16(12-3-1-11(10-22)2-4-12)21-6-5-20-18(23)15(9-14)17(13)21/h1-4,7-10H,5-6H2,(H,20,23). The van der Waals surface area contributed by atoms with Crippen LogP contribution in [-0.2, 0) is 6.54 Å². The van der Waals surface area contributed by atoms with Gasteiger partial charge >= 0.3 is 0 Å². The molecule has 1 aliphatic rings. The minimum absolute atomic E-state index is 0.255. The first-order chi connectivity index (χ1) is 11.2. The quantitative estimate of drug-likeness (QED) is 0.740. The van der Waals surface area contributed by atoms with Crippen molar-refractivity contribution in [2.45, 2.75) is 6.54 Å². The summed E-state index contributed by atoms with van der Waals surface area (Å²) in [6, 6.07) is 11.8. The highest BCUT2D eigenvalue weighted by molar-refractivity contribution is 6.07. The van der Waals surface area contributed by atoms with Crippen LogP contribution in [0.4, 0.5) is 4.39 Å². The molecule has 0 bridgehead atoms. The van der Waals surface area contributed by atoms with Gasteiger partial charge in [0, 0.05) is 29.7 Å².